The molecule has 0 aliphatic carbocycles. The Morgan fingerprint density at radius 2 is 1.68 bits per heavy atom. The van der Waals surface area contributed by atoms with Crippen LogP contribution in [0.15, 0.2) is 0 Å². The number of hydrogen-bond donors (Lipinski definition) is 2. The third kappa shape index (κ3) is 13.5. The van der Waals surface area contributed by atoms with Gasteiger partial charge in [0.1, 0.15) is 0 Å². The van der Waals surface area contributed by atoms with E-state index in [1.165, 1.54) is 6.92 Å². The normalized spacial score (nSPS) is 15.8. The van der Waals surface area contributed by atoms with E-state index < -0.39 is 0 Å². The molecule has 3 unspecified atom stereocenters. The van der Waals surface area contributed by atoms with Gasteiger partial charge in [0.05, 0.1) is 39.1 Å². The molecule has 0 saturated carbocycles. The molecule has 0 aliphatic heterocycles. The molecular formula is C13H28N2O4. The van der Waals surface area contributed by atoms with Crippen molar-refractivity contribution in [1.82, 2.24) is 5.32 Å². The number of hydrogen-bond acceptors (Lipinski definition) is 5. The molecule has 0 heterocycles. The topological polar surface area (TPSA) is 82.8 Å². The average molecular weight is 276 g/mol. The number of rotatable bonds is 11. The molecule has 0 fully saturated rings. The summed E-state index contributed by atoms with van der Waals surface area (Å²) in [4.78, 5) is 10.8. The fourth-order valence-corrected chi connectivity index (χ4v) is 1.38. The minimum Gasteiger partial charge on any atom is -0.377 e. The second-order valence-electron chi connectivity index (χ2n) is 4.87. The molecular weight excluding hydrogens is 248 g/mol. The molecule has 19 heavy (non-hydrogen) atoms. The van der Waals surface area contributed by atoms with Gasteiger partial charge < -0.3 is 25.3 Å². The fraction of sp³-hybridized carbons (Fsp3) is 0.923. The molecule has 0 aromatic rings. The standard InChI is InChI=1S/C13H28N2O4/c1-10(14)7-19-12(3)9-18-6-5-17-8-11(2)15-13(4)16/h10-12H,5-9,14H2,1-4H3,(H,15,16). The Labute approximate surface area is 116 Å². The second kappa shape index (κ2) is 11.2. The van der Waals surface area contributed by atoms with Crippen LogP contribution in [0, 0.1) is 0 Å². The Balaban J connectivity index is 3.33. The summed E-state index contributed by atoms with van der Waals surface area (Å²) in [6.45, 7) is 9.80. The van der Waals surface area contributed by atoms with Gasteiger partial charge in [0.2, 0.25) is 5.91 Å². The zero-order chi connectivity index (χ0) is 14.7. The quantitative estimate of drug-likeness (QED) is 0.530. The highest BCUT2D eigenvalue weighted by atomic mass is 16.5. The summed E-state index contributed by atoms with van der Waals surface area (Å²) >= 11 is 0. The van der Waals surface area contributed by atoms with E-state index in [0.717, 1.165) is 0 Å². The van der Waals surface area contributed by atoms with Crippen LogP contribution in [0.1, 0.15) is 27.7 Å². The number of ether oxygens (including phenoxy) is 3. The molecule has 0 bridgehead atoms. The second-order valence-corrected chi connectivity index (χ2v) is 4.87. The summed E-state index contributed by atoms with van der Waals surface area (Å²) < 4.78 is 16.2. The number of nitrogens with two attached hydrogens (primary N) is 1. The van der Waals surface area contributed by atoms with Crippen LogP contribution < -0.4 is 11.1 Å². The zero-order valence-electron chi connectivity index (χ0n) is 12.5. The lowest BCUT2D eigenvalue weighted by atomic mass is 10.3. The first-order valence-corrected chi connectivity index (χ1v) is 6.71. The number of amides is 1. The van der Waals surface area contributed by atoms with Gasteiger partial charge in [0.15, 0.2) is 0 Å². The summed E-state index contributed by atoms with van der Waals surface area (Å²) in [6.07, 6.45) is 0.0318. The maximum Gasteiger partial charge on any atom is 0.217 e. The molecule has 6 nitrogen and oxygen atoms in total. The highest BCUT2D eigenvalue weighted by Crippen LogP contribution is 1.93. The van der Waals surface area contributed by atoms with Gasteiger partial charge in [-0.1, -0.05) is 0 Å². The number of carbonyl (C=O) groups is 1. The van der Waals surface area contributed by atoms with Crippen molar-refractivity contribution in [3.8, 4) is 0 Å². The highest BCUT2D eigenvalue weighted by Gasteiger charge is 2.05. The molecule has 3 atom stereocenters. The first-order valence-electron chi connectivity index (χ1n) is 6.71. The third-order valence-corrected chi connectivity index (χ3v) is 2.19. The van der Waals surface area contributed by atoms with E-state index in [-0.39, 0.29) is 24.1 Å². The van der Waals surface area contributed by atoms with Crippen molar-refractivity contribution in [2.45, 2.75) is 45.9 Å². The van der Waals surface area contributed by atoms with E-state index in [1.54, 1.807) is 0 Å². The Morgan fingerprint density at radius 3 is 2.21 bits per heavy atom. The minimum absolute atomic E-state index is 0.0193. The van der Waals surface area contributed by atoms with Crippen LogP contribution in [0.4, 0.5) is 0 Å². The Hall–Kier alpha value is -0.690. The first kappa shape index (κ1) is 18.3. The summed E-state index contributed by atoms with van der Waals surface area (Å²) in [5.74, 6) is -0.0487. The van der Waals surface area contributed by atoms with Gasteiger partial charge in [-0.25, -0.2) is 0 Å². The van der Waals surface area contributed by atoms with Crippen LogP contribution in [-0.4, -0.2) is 57.1 Å². The summed E-state index contributed by atoms with van der Waals surface area (Å²) in [6, 6.07) is 0.0619. The largest absolute Gasteiger partial charge is 0.377 e. The van der Waals surface area contributed by atoms with Crippen LogP contribution in [0.2, 0.25) is 0 Å². The molecule has 6 heteroatoms. The summed E-state index contributed by atoms with van der Waals surface area (Å²) in [5, 5.41) is 2.74. The molecule has 0 aromatic carbocycles. The van der Waals surface area contributed by atoms with E-state index >= 15 is 0 Å². The van der Waals surface area contributed by atoms with E-state index in [4.69, 9.17) is 19.9 Å². The van der Waals surface area contributed by atoms with E-state index in [9.17, 15) is 4.79 Å². The third-order valence-electron chi connectivity index (χ3n) is 2.19. The van der Waals surface area contributed by atoms with Crippen LogP contribution in [0.5, 0.6) is 0 Å². The maximum atomic E-state index is 10.8. The van der Waals surface area contributed by atoms with Gasteiger partial charge in [-0.05, 0) is 20.8 Å². The predicted molar refractivity (Wildman–Crippen MR) is 74.0 cm³/mol. The lowest BCUT2D eigenvalue weighted by Gasteiger charge is -2.16. The van der Waals surface area contributed by atoms with E-state index in [2.05, 4.69) is 5.32 Å². The van der Waals surface area contributed by atoms with Gasteiger partial charge in [0.25, 0.3) is 0 Å². The Kier molecular flexibility index (Phi) is 10.8. The first-order chi connectivity index (χ1) is 8.91. The average Bonchev–Trinajstić information content (AvgIpc) is 2.30. The lowest BCUT2D eigenvalue weighted by molar-refractivity contribution is -0.120. The molecule has 114 valence electrons. The van der Waals surface area contributed by atoms with E-state index in [1.807, 2.05) is 20.8 Å². The molecule has 0 spiro atoms. The van der Waals surface area contributed by atoms with Crippen molar-refractivity contribution in [1.29, 1.82) is 0 Å². The van der Waals surface area contributed by atoms with Crippen LogP contribution in [-0.2, 0) is 19.0 Å². The molecule has 3 N–H and O–H groups in total. The van der Waals surface area contributed by atoms with Gasteiger partial charge in [-0.2, -0.15) is 0 Å². The predicted octanol–water partition coefficient (Wildman–Crippen LogP) is 0.297. The molecule has 0 rings (SSSR count). The van der Waals surface area contributed by atoms with Crippen molar-refractivity contribution < 1.29 is 19.0 Å². The SMILES string of the molecule is CC(=O)NC(C)COCCOCC(C)OCC(C)N. The molecule has 1 amide bonds. The Morgan fingerprint density at radius 1 is 1.11 bits per heavy atom. The van der Waals surface area contributed by atoms with Crippen LogP contribution >= 0.6 is 0 Å². The number of carbonyl (C=O) groups excluding carboxylic acids is 1. The van der Waals surface area contributed by atoms with Crippen LogP contribution in [0.25, 0.3) is 0 Å². The highest BCUT2D eigenvalue weighted by molar-refractivity contribution is 5.73. The van der Waals surface area contributed by atoms with E-state index in [0.29, 0.717) is 33.0 Å². The van der Waals surface area contributed by atoms with Gasteiger partial charge in [-0.3, -0.25) is 4.79 Å². The van der Waals surface area contributed by atoms with Crippen molar-refractivity contribution >= 4 is 5.91 Å². The molecule has 0 radical (unpaired) electrons. The van der Waals surface area contributed by atoms with Gasteiger partial charge in [-0.15, -0.1) is 0 Å². The summed E-state index contributed by atoms with van der Waals surface area (Å²) in [7, 11) is 0. The minimum atomic E-state index is -0.0487. The Bertz CT molecular complexity index is 237. The van der Waals surface area contributed by atoms with Crippen LogP contribution in [0.3, 0.4) is 0 Å². The van der Waals surface area contributed by atoms with Crippen molar-refractivity contribution in [2.24, 2.45) is 5.73 Å². The van der Waals surface area contributed by atoms with Gasteiger partial charge >= 0.3 is 0 Å². The van der Waals surface area contributed by atoms with Crippen molar-refractivity contribution in [2.75, 3.05) is 33.0 Å². The smallest absolute Gasteiger partial charge is 0.217 e. The summed E-state index contributed by atoms with van der Waals surface area (Å²) in [5.41, 5.74) is 5.58. The molecule has 0 aliphatic rings. The zero-order valence-corrected chi connectivity index (χ0v) is 12.5. The lowest BCUT2D eigenvalue weighted by Crippen LogP contribution is -2.34. The molecule has 0 saturated heterocycles. The van der Waals surface area contributed by atoms with Gasteiger partial charge in [0, 0.05) is 19.0 Å². The fourth-order valence-electron chi connectivity index (χ4n) is 1.38. The monoisotopic (exact) mass is 276 g/mol. The molecule has 0 aromatic heterocycles. The van der Waals surface area contributed by atoms with Crippen molar-refractivity contribution in [3.63, 3.8) is 0 Å². The maximum absolute atomic E-state index is 10.8. The van der Waals surface area contributed by atoms with Crippen molar-refractivity contribution in [3.05, 3.63) is 0 Å². The number of nitrogens with one attached hydrogen (secondary N) is 1.